The van der Waals surface area contributed by atoms with Gasteiger partial charge >= 0.3 is 0 Å². The molecule has 4 rings (SSSR count). The average molecular weight is 422 g/mol. The smallest absolute Gasteiger partial charge is 0.189 e. The van der Waals surface area contributed by atoms with E-state index in [0.29, 0.717) is 15.6 Å². The summed E-state index contributed by atoms with van der Waals surface area (Å²) in [5, 5.41) is 5.09. The molecule has 1 atom stereocenters. The van der Waals surface area contributed by atoms with Gasteiger partial charge in [0.05, 0.1) is 5.02 Å². The third kappa shape index (κ3) is 4.09. The highest BCUT2D eigenvalue weighted by Crippen LogP contribution is 2.38. The van der Waals surface area contributed by atoms with Gasteiger partial charge in [0.2, 0.25) is 0 Å². The van der Waals surface area contributed by atoms with Gasteiger partial charge < -0.3 is 0 Å². The first-order valence-electron chi connectivity index (χ1n) is 9.08. The second-order valence-corrected chi connectivity index (χ2v) is 7.45. The maximum Gasteiger partial charge on any atom is 0.189 e. The molecule has 4 nitrogen and oxygen atoms in total. The Morgan fingerprint density at radius 2 is 1.48 bits per heavy atom. The molecular weight excluding hydrogens is 405 g/mol. The van der Waals surface area contributed by atoms with Gasteiger partial charge in [-0.15, -0.1) is 0 Å². The second-order valence-electron chi connectivity index (χ2n) is 6.61. The van der Waals surface area contributed by atoms with Crippen LogP contribution in [0, 0.1) is 0 Å². The van der Waals surface area contributed by atoms with E-state index in [1.54, 1.807) is 29.2 Å². The van der Waals surface area contributed by atoms with E-state index < -0.39 is 6.04 Å². The van der Waals surface area contributed by atoms with Gasteiger partial charge in [0.15, 0.2) is 5.78 Å². The second kappa shape index (κ2) is 8.60. The van der Waals surface area contributed by atoms with E-state index in [9.17, 15) is 4.79 Å². The number of ketones is 1. The minimum Gasteiger partial charge on any atom is -0.292 e. The average Bonchev–Trinajstić information content (AvgIpc) is 3.27. The van der Waals surface area contributed by atoms with Crippen molar-refractivity contribution in [2.24, 2.45) is 0 Å². The van der Waals surface area contributed by atoms with Gasteiger partial charge in [-0.25, -0.2) is 9.67 Å². The van der Waals surface area contributed by atoms with Crippen LogP contribution in [0.25, 0.3) is 0 Å². The Morgan fingerprint density at radius 1 is 0.862 bits per heavy atom. The molecule has 29 heavy (non-hydrogen) atoms. The van der Waals surface area contributed by atoms with Gasteiger partial charge in [-0.05, 0) is 29.3 Å². The molecule has 1 unspecified atom stereocenters. The summed E-state index contributed by atoms with van der Waals surface area (Å²) in [6.07, 6.45) is 2.99. The zero-order chi connectivity index (χ0) is 20.2. The number of hydrogen-bond acceptors (Lipinski definition) is 3. The van der Waals surface area contributed by atoms with Gasteiger partial charge in [0.1, 0.15) is 18.7 Å². The quantitative estimate of drug-likeness (QED) is 0.367. The van der Waals surface area contributed by atoms with Crippen LogP contribution >= 0.6 is 23.2 Å². The number of benzene rings is 3. The van der Waals surface area contributed by atoms with Crippen LogP contribution in [0.3, 0.4) is 0 Å². The third-order valence-electron chi connectivity index (χ3n) is 4.82. The van der Waals surface area contributed by atoms with Gasteiger partial charge in [-0.3, -0.25) is 4.79 Å². The van der Waals surface area contributed by atoms with Crippen molar-refractivity contribution in [3.05, 3.63) is 118 Å². The highest BCUT2D eigenvalue weighted by molar-refractivity contribution is 6.37. The molecule has 0 aliphatic heterocycles. The number of nitrogens with zero attached hydrogens (tertiary/aromatic N) is 3. The molecule has 1 aromatic heterocycles. The van der Waals surface area contributed by atoms with Crippen LogP contribution in [0.5, 0.6) is 0 Å². The Balaban J connectivity index is 1.90. The Hall–Kier alpha value is -2.95. The standard InChI is InChI=1S/C23H17Cl2N3O/c24-18-11-12-19(20(25)13-18)23(29)22(28-15-26-14-27-28)21(16-7-3-1-4-8-16)17-9-5-2-6-10-17/h1-15,21-22H. The Labute approximate surface area is 178 Å². The van der Waals surface area contributed by atoms with Crippen molar-refractivity contribution >= 4 is 29.0 Å². The fraction of sp³-hybridized carbons (Fsp3) is 0.0870. The van der Waals surface area contributed by atoms with Crippen molar-refractivity contribution in [1.29, 1.82) is 0 Å². The number of halogens is 2. The Kier molecular flexibility index (Phi) is 5.74. The predicted molar refractivity (Wildman–Crippen MR) is 115 cm³/mol. The molecule has 0 aliphatic carbocycles. The van der Waals surface area contributed by atoms with E-state index in [-0.39, 0.29) is 11.7 Å². The highest BCUT2D eigenvalue weighted by atomic mass is 35.5. The monoisotopic (exact) mass is 421 g/mol. The molecule has 0 spiro atoms. The molecule has 6 heteroatoms. The van der Waals surface area contributed by atoms with Gasteiger partial charge in [0, 0.05) is 16.5 Å². The van der Waals surface area contributed by atoms with Crippen LogP contribution in [0.2, 0.25) is 10.0 Å². The van der Waals surface area contributed by atoms with Crippen LogP contribution in [0.4, 0.5) is 0 Å². The predicted octanol–water partition coefficient (Wildman–Crippen LogP) is 5.84. The molecule has 0 aliphatic rings. The topological polar surface area (TPSA) is 47.8 Å². The van der Waals surface area contributed by atoms with Crippen LogP contribution < -0.4 is 0 Å². The van der Waals surface area contributed by atoms with Crippen molar-refractivity contribution in [1.82, 2.24) is 14.8 Å². The van der Waals surface area contributed by atoms with Crippen LogP contribution in [-0.4, -0.2) is 20.5 Å². The first-order valence-corrected chi connectivity index (χ1v) is 9.84. The molecule has 144 valence electrons. The van der Waals surface area contributed by atoms with E-state index in [2.05, 4.69) is 10.1 Å². The summed E-state index contributed by atoms with van der Waals surface area (Å²) in [5.74, 6) is -0.437. The van der Waals surface area contributed by atoms with E-state index in [4.69, 9.17) is 23.2 Å². The normalized spacial score (nSPS) is 12.1. The van der Waals surface area contributed by atoms with Crippen LogP contribution in [-0.2, 0) is 0 Å². The number of Topliss-reactive ketones (excluding diaryl/α,β-unsaturated/α-hetero) is 1. The largest absolute Gasteiger partial charge is 0.292 e. The molecule has 0 saturated heterocycles. The van der Waals surface area contributed by atoms with Crippen molar-refractivity contribution in [3.8, 4) is 0 Å². The lowest BCUT2D eigenvalue weighted by atomic mass is 9.81. The zero-order valence-corrected chi connectivity index (χ0v) is 16.8. The van der Waals surface area contributed by atoms with E-state index in [0.717, 1.165) is 11.1 Å². The molecule has 0 N–H and O–H groups in total. The maximum atomic E-state index is 13.7. The zero-order valence-electron chi connectivity index (χ0n) is 15.3. The number of carbonyl (C=O) groups excluding carboxylic acids is 1. The van der Waals surface area contributed by atoms with E-state index in [1.165, 1.54) is 6.33 Å². The number of carbonyl (C=O) groups is 1. The highest BCUT2D eigenvalue weighted by Gasteiger charge is 2.34. The number of aromatic nitrogens is 3. The third-order valence-corrected chi connectivity index (χ3v) is 5.37. The summed E-state index contributed by atoms with van der Waals surface area (Å²) in [5.41, 5.74) is 2.39. The number of hydrogen-bond donors (Lipinski definition) is 0. The summed E-state index contributed by atoms with van der Waals surface area (Å²) in [4.78, 5) is 17.8. The fourth-order valence-electron chi connectivity index (χ4n) is 3.51. The summed E-state index contributed by atoms with van der Waals surface area (Å²) < 4.78 is 1.60. The lowest BCUT2D eigenvalue weighted by molar-refractivity contribution is 0.0905. The van der Waals surface area contributed by atoms with Gasteiger partial charge in [0.25, 0.3) is 0 Å². The summed E-state index contributed by atoms with van der Waals surface area (Å²) >= 11 is 12.4. The molecule has 0 amide bonds. The molecule has 4 aromatic rings. The molecular formula is C23H17Cl2N3O. The van der Waals surface area contributed by atoms with Crippen molar-refractivity contribution < 1.29 is 4.79 Å². The molecule has 0 radical (unpaired) electrons. The van der Waals surface area contributed by atoms with Crippen molar-refractivity contribution in [3.63, 3.8) is 0 Å². The maximum absolute atomic E-state index is 13.7. The fourth-order valence-corrected chi connectivity index (χ4v) is 4.01. The first-order chi connectivity index (χ1) is 14.1. The Bertz CT molecular complexity index is 1060. The van der Waals surface area contributed by atoms with Crippen molar-refractivity contribution in [2.45, 2.75) is 12.0 Å². The van der Waals surface area contributed by atoms with E-state index in [1.807, 2.05) is 60.7 Å². The minimum atomic E-state index is -0.666. The molecule has 1 heterocycles. The van der Waals surface area contributed by atoms with Crippen LogP contribution in [0.1, 0.15) is 33.4 Å². The minimum absolute atomic E-state index is 0.158. The van der Waals surface area contributed by atoms with Gasteiger partial charge in [-0.1, -0.05) is 83.9 Å². The van der Waals surface area contributed by atoms with Crippen LogP contribution in [0.15, 0.2) is 91.5 Å². The lowest BCUT2D eigenvalue weighted by Crippen LogP contribution is -2.28. The lowest BCUT2D eigenvalue weighted by Gasteiger charge is -2.27. The summed E-state index contributed by atoms with van der Waals surface area (Å²) in [6.45, 7) is 0. The van der Waals surface area contributed by atoms with E-state index >= 15 is 0 Å². The molecule has 0 saturated carbocycles. The molecule has 0 bridgehead atoms. The van der Waals surface area contributed by atoms with Gasteiger partial charge in [-0.2, -0.15) is 5.10 Å². The SMILES string of the molecule is O=C(c1ccc(Cl)cc1Cl)C(C(c1ccccc1)c1ccccc1)n1cncn1. The molecule has 3 aromatic carbocycles. The Morgan fingerprint density at radius 3 is 2.00 bits per heavy atom. The van der Waals surface area contributed by atoms with Crippen molar-refractivity contribution in [2.75, 3.05) is 0 Å². The summed E-state index contributed by atoms with van der Waals surface area (Å²) in [6, 6.07) is 24.0. The first kappa shape index (κ1) is 19.4. The molecule has 0 fully saturated rings. The number of rotatable bonds is 6. The summed E-state index contributed by atoms with van der Waals surface area (Å²) in [7, 11) is 0.